The monoisotopic (exact) mass is 227 g/mol. The van der Waals surface area contributed by atoms with E-state index in [2.05, 4.69) is 20.4 Å². The molecule has 0 rings (SSSR count). The Bertz CT molecular complexity index is 206. The summed E-state index contributed by atoms with van der Waals surface area (Å²) in [4.78, 5) is 13.6. The first kappa shape index (κ1) is 15.0. The van der Waals surface area contributed by atoms with Crippen LogP contribution in [0.5, 0.6) is 0 Å². The summed E-state index contributed by atoms with van der Waals surface area (Å²) < 4.78 is 4.96. The zero-order chi connectivity index (χ0) is 12.4. The molecule has 3 heteroatoms. The van der Waals surface area contributed by atoms with E-state index < -0.39 is 0 Å². The van der Waals surface area contributed by atoms with Crippen molar-refractivity contribution in [3.05, 3.63) is 12.3 Å². The molecule has 0 saturated carbocycles. The molecule has 0 aliphatic carbocycles. The summed E-state index contributed by atoms with van der Waals surface area (Å²) in [6, 6.07) is 0. The second-order valence-electron chi connectivity index (χ2n) is 3.86. The highest BCUT2D eigenvalue weighted by Crippen LogP contribution is 2.08. The minimum atomic E-state index is -0.283. The van der Waals surface area contributed by atoms with E-state index in [1.165, 1.54) is 0 Å². The van der Waals surface area contributed by atoms with Crippen LogP contribution in [0.25, 0.3) is 0 Å². The first-order valence-corrected chi connectivity index (χ1v) is 6.28. The van der Waals surface area contributed by atoms with Crippen LogP contribution in [-0.4, -0.2) is 30.6 Å². The largest absolute Gasteiger partial charge is 0.461 e. The van der Waals surface area contributed by atoms with Crippen LogP contribution in [0.3, 0.4) is 0 Å². The van der Waals surface area contributed by atoms with E-state index in [4.69, 9.17) is 4.74 Å². The molecule has 0 N–H and O–H groups in total. The van der Waals surface area contributed by atoms with Gasteiger partial charge in [0, 0.05) is 13.1 Å². The van der Waals surface area contributed by atoms with E-state index in [1.807, 2.05) is 11.8 Å². The van der Waals surface area contributed by atoms with Gasteiger partial charge in [-0.15, -0.1) is 0 Å². The van der Waals surface area contributed by atoms with Crippen molar-refractivity contribution < 1.29 is 9.53 Å². The second kappa shape index (κ2) is 9.25. The van der Waals surface area contributed by atoms with Gasteiger partial charge in [-0.2, -0.15) is 0 Å². The van der Waals surface area contributed by atoms with Crippen molar-refractivity contribution in [2.45, 2.75) is 46.5 Å². The van der Waals surface area contributed by atoms with Crippen LogP contribution < -0.4 is 0 Å². The van der Waals surface area contributed by atoms with Crippen molar-refractivity contribution >= 4 is 5.97 Å². The number of rotatable bonds is 9. The molecule has 0 bridgehead atoms. The minimum Gasteiger partial charge on any atom is -0.461 e. The van der Waals surface area contributed by atoms with Gasteiger partial charge < -0.3 is 9.64 Å². The highest BCUT2D eigenvalue weighted by Gasteiger charge is 2.15. The molecule has 0 aliphatic rings. The van der Waals surface area contributed by atoms with Crippen LogP contribution in [0.15, 0.2) is 12.3 Å². The third-order valence-electron chi connectivity index (χ3n) is 2.46. The van der Waals surface area contributed by atoms with Crippen molar-refractivity contribution in [3.8, 4) is 0 Å². The Kier molecular flexibility index (Phi) is 8.68. The molecule has 0 aromatic rings. The number of carbonyl (C=O) groups is 1. The Balaban J connectivity index is 4.23. The second-order valence-corrected chi connectivity index (χ2v) is 3.86. The molecule has 0 unspecified atom stereocenters. The number of esters is 1. The van der Waals surface area contributed by atoms with Gasteiger partial charge in [-0.1, -0.05) is 33.3 Å². The predicted molar refractivity (Wildman–Crippen MR) is 67.2 cm³/mol. The standard InChI is InChI=1S/C13H25NO2/c1-5-8-10-14(11-9-6-2)12(4)13(15)16-7-3/h4-11H2,1-3H3. The third kappa shape index (κ3) is 5.79. The lowest BCUT2D eigenvalue weighted by Gasteiger charge is -2.25. The molecule has 0 heterocycles. The quantitative estimate of drug-likeness (QED) is 0.448. The maximum absolute atomic E-state index is 11.5. The molecule has 0 aromatic carbocycles. The summed E-state index contributed by atoms with van der Waals surface area (Å²) in [6.45, 7) is 12.1. The van der Waals surface area contributed by atoms with Gasteiger partial charge >= 0.3 is 5.97 Å². The molecular weight excluding hydrogens is 202 g/mol. The Morgan fingerprint density at radius 2 is 1.62 bits per heavy atom. The van der Waals surface area contributed by atoms with Gasteiger partial charge in [-0.25, -0.2) is 4.79 Å². The SMILES string of the molecule is C=C(C(=O)OCC)N(CCCC)CCCC. The Hall–Kier alpha value is -0.990. The summed E-state index contributed by atoms with van der Waals surface area (Å²) in [6.07, 6.45) is 4.42. The van der Waals surface area contributed by atoms with E-state index in [9.17, 15) is 4.79 Å². The van der Waals surface area contributed by atoms with Gasteiger partial charge in [0.05, 0.1) is 6.61 Å². The van der Waals surface area contributed by atoms with Crippen LogP contribution in [0.4, 0.5) is 0 Å². The maximum atomic E-state index is 11.5. The topological polar surface area (TPSA) is 29.5 Å². The van der Waals surface area contributed by atoms with E-state index in [-0.39, 0.29) is 5.97 Å². The third-order valence-corrected chi connectivity index (χ3v) is 2.46. The van der Waals surface area contributed by atoms with E-state index in [1.54, 1.807) is 0 Å². The Morgan fingerprint density at radius 3 is 2.00 bits per heavy atom. The first-order valence-electron chi connectivity index (χ1n) is 6.28. The van der Waals surface area contributed by atoms with Crippen LogP contribution in [0.1, 0.15) is 46.5 Å². The molecule has 3 nitrogen and oxygen atoms in total. The van der Waals surface area contributed by atoms with Gasteiger partial charge in [-0.3, -0.25) is 0 Å². The molecule has 0 aromatic heterocycles. The van der Waals surface area contributed by atoms with Gasteiger partial charge in [0.1, 0.15) is 5.70 Å². The minimum absolute atomic E-state index is 0.283. The zero-order valence-electron chi connectivity index (χ0n) is 10.9. The lowest BCUT2D eigenvalue weighted by Crippen LogP contribution is -2.30. The molecule has 0 atom stereocenters. The number of hydrogen-bond acceptors (Lipinski definition) is 3. The Labute approximate surface area is 99.5 Å². The van der Waals surface area contributed by atoms with Crippen molar-refractivity contribution in [1.82, 2.24) is 4.90 Å². The van der Waals surface area contributed by atoms with Gasteiger partial charge in [0.2, 0.25) is 0 Å². The number of ether oxygens (including phenoxy) is 1. The van der Waals surface area contributed by atoms with Gasteiger partial charge in [-0.05, 0) is 19.8 Å². The molecule has 0 saturated heterocycles. The summed E-state index contributed by atoms with van der Waals surface area (Å²) >= 11 is 0. The summed E-state index contributed by atoms with van der Waals surface area (Å²) in [5.41, 5.74) is 0.503. The maximum Gasteiger partial charge on any atom is 0.353 e. The highest BCUT2D eigenvalue weighted by molar-refractivity contribution is 5.87. The van der Waals surface area contributed by atoms with Crippen LogP contribution in [0, 0.1) is 0 Å². The first-order chi connectivity index (χ1) is 7.67. The molecule has 94 valence electrons. The van der Waals surface area contributed by atoms with Crippen molar-refractivity contribution in [2.75, 3.05) is 19.7 Å². The molecule has 0 fully saturated rings. The summed E-state index contributed by atoms with van der Waals surface area (Å²) in [7, 11) is 0. The highest BCUT2D eigenvalue weighted by atomic mass is 16.5. The van der Waals surface area contributed by atoms with E-state index >= 15 is 0 Å². The smallest absolute Gasteiger partial charge is 0.353 e. The normalized spacial score (nSPS) is 9.94. The molecule has 16 heavy (non-hydrogen) atoms. The summed E-state index contributed by atoms with van der Waals surface area (Å²) in [5, 5.41) is 0. The average Bonchev–Trinajstić information content (AvgIpc) is 2.29. The van der Waals surface area contributed by atoms with Crippen LogP contribution in [-0.2, 0) is 9.53 Å². The van der Waals surface area contributed by atoms with Gasteiger partial charge in [0.25, 0.3) is 0 Å². The fourth-order valence-electron chi connectivity index (χ4n) is 1.42. The summed E-state index contributed by atoms with van der Waals surface area (Å²) in [5.74, 6) is -0.283. The molecular formula is C13H25NO2. The van der Waals surface area contributed by atoms with E-state index in [0.717, 1.165) is 38.8 Å². The molecule has 0 aliphatic heterocycles. The zero-order valence-corrected chi connectivity index (χ0v) is 10.9. The molecule has 0 spiro atoms. The average molecular weight is 227 g/mol. The Morgan fingerprint density at radius 1 is 1.12 bits per heavy atom. The molecule has 0 amide bonds. The predicted octanol–water partition coefficient (Wildman–Crippen LogP) is 2.97. The van der Waals surface area contributed by atoms with Crippen LogP contribution >= 0.6 is 0 Å². The number of nitrogens with zero attached hydrogens (tertiary/aromatic N) is 1. The fraction of sp³-hybridized carbons (Fsp3) is 0.769. The van der Waals surface area contributed by atoms with E-state index in [0.29, 0.717) is 12.3 Å². The lowest BCUT2D eigenvalue weighted by atomic mass is 10.2. The van der Waals surface area contributed by atoms with Crippen molar-refractivity contribution in [2.24, 2.45) is 0 Å². The van der Waals surface area contributed by atoms with Crippen molar-refractivity contribution in [3.63, 3.8) is 0 Å². The molecule has 0 radical (unpaired) electrons. The van der Waals surface area contributed by atoms with Crippen molar-refractivity contribution in [1.29, 1.82) is 0 Å². The fourth-order valence-corrected chi connectivity index (χ4v) is 1.42. The number of unbranched alkanes of at least 4 members (excludes halogenated alkanes) is 2. The number of hydrogen-bond donors (Lipinski definition) is 0. The number of carbonyl (C=O) groups excluding carboxylic acids is 1. The lowest BCUT2D eigenvalue weighted by molar-refractivity contribution is -0.140. The van der Waals surface area contributed by atoms with Crippen LogP contribution in [0.2, 0.25) is 0 Å². The van der Waals surface area contributed by atoms with Gasteiger partial charge in [0.15, 0.2) is 0 Å².